The number of ether oxygens (including phenoxy) is 1. The van der Waals surface area contributed by atoms with E-state index >= 15 is 0 Å². The number of nitrogens with zero attached hydrogens (tertiary/aromatic N) is 3. The lowest BCUT2D eigenvalue weighted by Gasteiger charge is -2.38. The van der Waals surface area contributed by atoms with Crippen molar-refractivity contribution in [3.8, 4) is 0 Å². The van der Waals surface area contributed by atoms with Gasteiger partial charge in [-0.25, -0.2) is 4.98 Å². The minimum atomic E-state index is -0.0290. The number of aryl methyl sites for hydroxylation is 1. The topological polar surface area (TPSA) is 58.8 Å². The second-order valence-electron chi connectivity index (χ2n) is 8.53. The molecule has 150 valence electrons. The molecule has 1 amide bonds. The van der Waals surface area contributed by atoms with E-state index in [0.717, 1.165) is 32.0 Å². The molecule has 0 unspecified atom stereocenters. The Hall–Kier alpha value is -1.40. The van der Waals surface area contributed by atoms with Crippen LogP contribution in [0.15, 0.2) is 10.8 Å². The first-order valence-corrected chi connectivity index (χ1v) is 10.8. The summed E-state index contributed by atoms with van der Waals surface area (Å²) in [5.74, 6) is 0.923. The van der Waals surface area contributed by atoms with E-state index in [-0.39, 0.29) is 12.0 Å². The van der Waals surface area contributed by atoms with Gasteiger partial charge in [-0.1, -0.05) is 12.8 Å². The van der Waals surface area contributed by atoms with Gasteiger partial charge in [0.15, 0.2) is 6.39 Å². The Labute approximate surface area is 162 Å². The fourth-order valence-electron chi connectivity index (χ4n) is 5.01. The third kappa shape index (κ3) is 4.54. The Bertz CT molecular complexity index is 612. The molecule has 0 aromatic carbocycles. The van der Waals surface area contributed by atoms with Crippen molar-refractivity contribution in [2.24, 2.45) is 5.92 Å². The Kier molecular flexibility index (Phi) is 6.13. The van der Waals surface area contributed by atoms with Crippen LogP contribution >= 0.6 is 0 Å². The zero-order chi connectivity index (χ0) is 18.6. The monoisotopic (exact) mass is 375 g/mol. The van der Waals surface area contributed by atoms with Crippen LogP contribution in [0.25, 0.3) is 0 Å². The van der Waals surface area contributed by atoms with Crippen LogP contribution < -0.4 is 0 Å². The van der Waals surface area contributed by atoms with Crippen molar-refractivity contribution in [2.45, 2.75) is 70.4 Å². The second kappa shape index (κ2) is 8.74. The molecule has 6 heteroatoms. The van der Waals surface area contributed by atoms with E-state index in [2.05, 4.69) is 9.88 Å². The average molecular weight is 376 g/mol. The molecule has 0 N–H and O–H groups in total. The van der Waals surface area contributed by atoms with E-state index < -0.39 is 0 Å². The van der Waals surface area contributed by atoms with E-state index in [9.17, 15) is 4.79 Å². The molecule has 3 fully saturated rings. The summed E-state index contributed by atoms with van der Waals surface area (Å²) in [5, 5.41) is 0. The first-order valence-electron chi connectivity index (χ1n) is 10.8. The van der Waals surface area contributed by atoms with Gasteiger partial charge >= 0.3 is 0 Å². The van der Waals surface area contributed by atoms with E-state index in [4.69, 9.17) is 9.15 Å². The van der Waals surface area contributed by atoms with Crippen molar-refractivity contribution in [1.82, 2.24) is 14.8 Å². The van der Waals surface area contributed by atoms with Crippen molar-refractivity contribution >= 4 is 5.91 Å². The van der Waals surface area contributed by atoms with Gasteiger partial charge in [0.25, 0.3) is 5.91 Å². The lowest BCUT2D eigenvalue weighted by atomic mass is 9.94. The number of hydrogen-bond acceptors (Lipinski definition) is 5. The molecular formula is C21H33N3O3. The van der Waals surface area contributed by atoms with E-state index in [0.29, 0.717) is 23.9 Å². The fourth-order valence-corrected chi connectivity index (χ4v) is 5.01. The summed E-state index contributed by atoms with van der Waals surface area (Å²) in [6.07, 6.45) is 11.6. The molecule has 6 nitrogen and oxygen atoms in total. The number of oxazole rings is 1. The van der Waals surface area contributed by atoms with Gasteiger partial charge < -0.3 is 19.0 Å². The van der Waals surface area contributed by atoms with Crippen molar-refractivity contribution in [1.29, 1.82) is 0 Å². The zero-order valence-corrected chi connectivity index (χ0v) is 16.6. The van der Waals surface area contributed by atoms with Crippen LogP contribution in [0, 0.1) is 12.8 Å². The minimum Gasteiger partial charge on any atom is -0.438 e. The predicted molar refractivity (Wildman–Crippen MR) is 103 cm³/mol. The number of likely N-dealkylation sites (tertiary alicyclic amines) is 1. The summed E-state index contributed by atoms with van der Waals surface area (Å²) < 4.78 is 11.2. The minimum absolute atomic E-state index is 0.0290. The van der Waals surface area contributed by atoms with Gasteiger partial charge in [0.05, 0.1) is 11.8 Å². The molecule has 3 aliphatic rings. The van der Waals surface area contributed by atoms with Crippen LogP contribution in [0.1, 0.15) is 67.6 Å². The first-order chi connectivity index (χ1) is 13.2. The Balaban J connectivity index is 1.37. The fraction of sp³-hybridized carbons (Fsp3) is 0.810. The smallest absolute Gasteiger partial charge is 0.291 e. The molecule has 0 spiro atoms. The summed E-state index contributed by atoms with van der Waals surface area (Å²) in [6.45, 7) is 6.48. The number of aromatic nitrogens is 1. The van der Waals surface area contributed by atoms with Gasteiger partial charge in [0.2, 0.25) is 5.76 Å². The molecule has 1 aliphatic carbocycles. The van der Waals surface area contributed by atoms with Crippen LogP contribution in [0.3, 0.4) is 0 Å². The van der Waals surface area contributed by atoms with Crippen LogP contribution in [0.2, 0.25) is 0 Å². The predicted octanol–water partition coefficient (Wildman–Crippen LogP) is 3.26. The molecule has 2 aliphatic heterocycles. The first kappa shape index (κ1) is 18.9. The maximum atomic E-state index is 13.1. The number of rotatable bonds is 6. The molecule has 1 saturated carbocycles. The maximum absolute atomic E-state index is 13.1. The number of amides is 1. The number of carbonyl (C=O) groups is 1. The largest absolute Gasteiger partial charge is 0.438 e. The Morgan fingerprint density at radius 3 is 2.56 bits per heavy atom. The SMILES string of the molecule is Cc1ncoc1C(=O)N(CC1CCN(C2CCCC2)CC1)C[C@H]1CCCO1. The Morgan fingerprint density at radius 1 is 1.15 bits per heavy atom. The normalized spacial score (nSPS) is 25.3. The highest BCUT2D eigenvalue weighted by molar-refractivity contribution is 5.92. The van der Waals surface area contributed by atoms with Crippen LogP contribution in [0.5, 0.6) is 0 Å². The molecule has 1 aromatic rings. The summed E-state index contributed by atoms with van der Waals surface area (Å²) in [4.78, 5) is 21.9. The molecular weight excluding hydrogens is 342 g/mol. The zero-order valence-electron chi connectivity index (χ0n) is 16.6. The number of carbonyl (C=O) groups excluding carboxylic acids is 1. The van der Waals surface area contributed by atoms with Crippen LogP contribution in [0.4, 0.5) is 0 Å². The molecule has 27 heavy (non-hydrogen) atoms. The van der Waals surface area contributed by atoms with Crippen molar-refractivity contribution in [2.75, 3.05) is 32.8 Å². The third-order valence-corrected chi connectivity index (χ3v) is 6.64. The van der Waals surface area contributed by atoms with Gasteiger partial charge in [-0.05, 0) is 64.5 Å². The summed E-state index contributed by atoms with van der Waals surface area (Å²) in [5.41, 5.74) is 0.674. The summed E-state index contributed by atoms with van der Waals surface area (Å²) >= 11 is 0. The summed E-state index contributed by atoms with van der Waals surface area (Å²) in [7, 11) is 0. The third-order valence-electron chi connectivity index (χ3n) is 6.64. The molecule has 4 rings (SSSR count). The van der Waals surface area contributed by atoms with Crippen molar-refractivity contribution in [3.05, 3.63) is 17.8 Å². The van der Waals surface area contributed by atoms with Crippen LogP contribution in [-0.4, -0.2) is 65.6 Å². The highest BCUT2D eigenvalue weighted by atomic mass is 16.5. The van der Waals surface area contributed by atoms with Gasteiger partial charge in [0, 0.05) is 25.7 Å². The van der Waals surface area contributed by atoms with Gasteiger partial charge in [-0.15, -0.1) is 0 Å². The molecule has 1 atom stereocenters. The van der Waals surface area contributed by atoms with Gasteiger partial charge in [-0.3, -0.25) is 4.79 Å². The highest BCUT2D eigenvalue weighted by Gasteiger charge is 2.31. The lowest BCUT2D eigenvalue weighted by Crippen LogP contribution is -2.45. The highest BCUT2D eigenvalue weighted by Crippen LogP contribution is 2.29. The van der Waals surface area contributed by atoms with Crippen molar-refractivity contribution < 1.29 is 13.9 Å². The van der Waals surface area contributed by atoms with Gasteiger partial charge in [0.1, 0.15) is 0 Å². The summed E-state index contributed by atoms with van der Waals surface area (Å²) in [6, 6.07) is 0.812. The molecule has 0 bridgehead atoms. The quantitative estimate of drug-likeness (QED) is 0.764. The second-order valence-corrected chi connectivity index (χ2v) is 8.53. The van der Waals surface area contributed by atoms with E-state index in [1.165, 1.54) is 58.0 Å². The number of piperidine rings is 1. The molecule has 1 aromatic heterocycles. The standard InChI is InChI=1S/C21H33N3O3/c1-16-20(27-15-22-16)21(25)24(14-19-7-4-12-26-19)13-17-8-10-23(11-9-17)18-5-2-3-6-18/h15,17-19H,2-14H2,1H3/t19-/m1/s1. The molecule has 3 heterocycles. The molecule has 0 radical (unpaired) electrons. The van der Waals surface area contributed by atoms with E-state index in [1.807, 2.05) is 11.8 Å². The average Bonchev–Trinajstić information content (AvgIpc) is 3.44. The van der Waals surface area contributed by atoms with Gasteiger partial charge in [-0.2, -0.15) is 0 Å². The number of hydrogen-bond donors (Lipinski definition) is 0. The lowest BCUT2D eigenvalue weighted by molar-refractivity contribution is 0.0407. The van der Waals surface area contributed by atoms with Crippen LogP contribution in [-0.2, 0) is 4.74 Å². The van der Waals surface area contributed by atoms with Crippen molar-refractivity contribution in [3.63, 3.8) is 0 Å². The molecule has 2 saturated heterocycles. The Morgan fingerprint density at radius 2 is 1.93 bits per heavy atom. The van der Waals surface area contributed by atoms with E-state index in [1.54, 1.807) is 0 Å². The maximum Gasteiger partial charge on any atom is 0.291 e.